The Morgan fingerprint density at radius 2 is 1.52 bits per heavy atom. The van der Waals surface area contributed by atoms with Gasteiger partial charge in [-0.25, -0.2) is 0 Å². The molecule has 2 aromatic rings. The molecule has 0 aliphatic rings. The summed E-state index contributed by atoms with van der Waals surface area (Å²) in [6, 6.07) is 15.3. The van der Waals surface area contributed by atoms with Crippen LogP contribution >= 0.6 is 0 Å². The Hall–Kier alpha value is -2.00. The van der Waals surface area contributed by atoms with Crippen molar-refractivity contribution in [3.05, 3.63) is 59.2 Å². The van der Waals surface area contributed by atoms with Gasteiger partial charge in [-0.2, -0.15) is 0 Å². The number of hydrogen-bond acceptors (Lipinski definition) is 3. The van der Waals surface area contributed by atoms with E-state index in [0.29, 0.717) is 17.8 Å². The Labute approximate surface area is 177 Å². The van der Waals surface area contributed by atoms with E-state index < -0.39 is 0 Å². The van der Waals surface area contributed by atoms with Crippen molar-refractivity contribution in [2.24, 2.45) is 11.8 Å². The second kappa shape index (κ2) is 11.9. The molecule has 0 fully saturated rings. The fourth-order valence-electron chi connectivity index (χ4n) is 3.35. The van der Waals surface area contributed by atoms with Crippen LogP contribution in [0.15, 0.2) is 42.5 Å². The molecule has 1 unspecified atom stereocenters. The van der Waals surface area contributed by atoms with Crippen LogP contribution in [0.2, 0.25) is 0 Å². The maximum atomic E-state index is 5.88. The van der Waals surface area contributed by atoms with Crippen molar-refractivity contribution in [3.8, 4) is 11.5 Å². The van der Waals surface area contributed by atoms with Crippen LogP contribution in [0.5, 0.6) is 11.5 Å². The summed E-state index contributed by atoms with van der Waals surface area (Å²) in [7, 11) is 1.70. The monoisotopic (exact) mass is 397 g/mol. The van der Waals surface area contributed by atoms with Gasteiger partial charge in [0, 0.05) is 13.1 Å². The average molecular weight is 398 g/mol. The third-order valence-corrected chi connectivity index (χ3v) is 5.15. The summed E-state index contributed by atoms with van der Waals surface area (Å²) >= 11 is 0. The molecule has 0 heterocycles. The molecule has 1 N–H and O–H groups in total. The van der Waals surface area contributed by atoms with Gasteiger partial charge in [0.05, 0.1) is 13.7 Å². The molecule has 29 heavy (non-hydrogen) atoms. The van der Waals surface area contributed by atoms with Crippen molar-refractivity contribution >= 4 is 0 Å². The molecule has 2 rings (SSSR count). The molecule has 0 aliphatic carbocycles. The first-order chi connectivity index (χ1) is 13.9. The molecule has 0 amide bonds. The topological polar surface area (TPSA) is 30.5 Å². The summed E-state index contributed by atoms with van der Waals surface area (Å²) < 4.78 is 11.4. The summed E-state index contributed by atoms with van der Waals surface area (Å²) in [5, 5.41) is 3.58. The largest absolute Gasteiger partial charge is 0.493 e. The van der Waals surface area contributed by atoms with Gasteiger partial charge in [-0.05, 0) is 59.4 Å². The highest BCUT2D eigenvalue weighted by Crippen LogP contribution is 2.28. The van der Waals surface area contributed by atoms with Crippen LogP contribution in [-0.2, 0) is 13.0 Å². The van der Waals surface area contributed by atoms with Gasteiger partial charge in [0.2, 0.25) is 0 Å². The molecule has 0 saturated carbocycles. The van der Waals surface area contributed by atoms with E-state index in [2.05, 4.69) is 76.3 Å². The predicted octanol–water partition coefficient (Wildman–Crippen LogP) is 6.21. The van der Waals surface area contributed by atoms with E-state index >= 15 is 0 Å². The lowest BCUT2D eigenvalue weighted by Gasteiger charge is -2.16. The molecule has 160 valence electrons. The van der Waals surface area contributed by atoms with Crippen molar-refractivity contribution in [2.45, 2.75) is 59.9 Å². The number of methoxy groups -OCH3 is 1. The quantitative estimate of drug-likeness (QED) is 0.462. The fourth-order valence-corrected chi connectivity index (χ4v) is 3.35. The SMILES string of the molecule is COc1cc(CNCC(C)c2ccc(CC(C)C)cc2)ccc1OCCC(C)C. The first kappa shape index (κ1) is 23.3. The van der Waals surface area contributed by atoms with Crippen molar-refractivity contribution in [1.29, 1.82) is 0 Å². The highest BCUT2D eigenvalue weighted by molar-refractivity contribution is 5.43. The minimum Gasteiger partial charge on any atom is -0.493 e. The van der Waals surface area contributed by atoms with E-state index in [1.807, 2.05) is 6.07 Å². The van der Waals surface area contributed by atoms with Gasteiger partial charge >= 0.3 is 0 Å². The van der Waals surface area contributed by atoms with Gasteiger partial charge in [0.15, 0.2) is 11.5 Å². The molecule has 0 aliphatic heterocycles. The molecule has 0 saturated heterocycles. The van der Waals surface area contributed by atoms with Crippen LogP contribution in [0.4, 0.5) is 0 Å². The molecule has 3 nitrogen and oxygen atoms in total. The van der Waals surface area contributed by atoms with E-state index in [-0.39, 0.29) is 0 Å². The van der Waals surface area contributed by atoms with Crippen molar-refractivity contribution < 1.29 is 9.47 Å². The molecule has 3 heteroatoms. The van der Waals surface area contributed by atoms with Crippen molar-refractivity contribution in [2.75, 3.05) is 20.3 Å². The average Bonchev–Trinajstić information content (AvgIpc) is 2.68. The summed E-state index contributed by atoms with van der Waals surface area (Å²) in [5.74, 6) is 3.44. The Bertz CT molecular complexity index is 722. The van der Waals surface area contributed by atoms with Crippen LogP contribution < -0.4 is 14.8 Å². The normalized spacial score (nSPS) is 12.4. The van der Waals surface area contributed by atoms with Crippen molar-refractivity contribution in [3.63, 3.8) is 0 Å². The number of rotatable bonds is 12. The number of benzene rings is 2. The van der Waals surface area contributed by atoms with Gasteiger partial charge in [-0.15, -0.1) is 0 Å². The minimum absolute atomic E-state index is 0.476. The van der Waals surface area contributed by atoms with E-state index in [0.717, 1.165) is 44.0 Å². The Morgan fingerprint density at radius 3 is 2.14 bits per heavy atom. The predicted molar refractivity (Wildman–Crippen MR) is 123 cm³/mol. The molecule has 0 bridgehead atoms. The second-order valence-corrected chi connectivity index (χ2v) is 8.89. The number of hydrogen-bond donors (Lipinski definition) is 1. The zero-order chi connectivity index (χ0) is 21.2. The van der Waals surface area contributed by atoms with Gasteiger partial charge in [-0.3, -0.25) is 0 Å². The third-order valence-electron chi connectivity index (χ3n) is 5.15. The molecule has 0 radical (unpaired) electrons. The van der Waals surface area contributed by atoms with E-state index in [9.17, 15) is 0 Å². The lowest BCUT2D eigenvalue weighted by atomic mass is 9.97. The summed E-state index contributed by atoms with van der Waals surface area (Å²) in [6.07, 6.45) is 2.19. The minimum atomic E-state index is 0.476. The summed E-state index contributed by atoms with van der Waals surface area (Å²) in [6.45, 7) is 13.7. The fraction of sp³-hybridized carbons (Fsp3) is 0.538. The highest BCUT2D eigenvalue weighted by Gasteiger charge is 2.09. The second-order valence-electron chi connectivity index (χ2n) is 8.89. The zero-order valence-corrected chi connectivity index (χ0v) is 19.1. The van der Waals surface area contributed by atoms with Crippen LogP contribution in [0.25, 0.3) is 0 Å². The summed E-state index contributed by atoms with van der Waals surface area (Å²) in [5.41, 5.74) is 4.01. The highest BCUT2D eigenvalue weighted by atomic mass is 16.5. The zero-order valence-electron chi connectivity index (χ0n) is 19.1. The Kier molecular flexibility index (Phi) is 9.53. The van der Waals surface area contributed by atoms with Gasteiger partial charge in [0.1, 0.15) is 0 Å². The Balaban J connectivity index is 1.84. The lowest BCUT2D eigenvalue weighted by molar-refractivity contribution is 0.273. The van der Waals surface area contributed by atoms with Crippen LogP contribution in [0.1, 0.15) is 63.6 Å². The first-order valence-electron chi connectivity index (χ1n) is 11.0. The summed E-state index contributed by atoms with van der Waals surface area (Å²) in [4.78, 5) is 0. The first-order valence-corrected chi connectivity index (χ1v) is 11.0. The van der Waals surface area contributed by atoms with E-state index in [1.54, 1.807) is 7.11 Å². The smallest absolute Gasteiger partial charge is 0.161 e. The number of nitrogens with one attached hydrogen (secondary N) is 1. The van der Waals surface area contributed by atoms with Gasteiger partial charge < -0.3 is 14.8 Å². The molecule has 2 aromatic carbocycles. The standard InChI is InChI=1S/C26H39NO2/c1-19(2)13-14-29-25-12-9-23(16-26(25)28-6)18-27-17-21(5)24-10-7-22(8-11-24)15-20(3)4/h7-12,16,19-21,27H,13-15,17-18H2,1-6H3. The van der Waals surface area contributed by atoms with Crippen molar-refractivity contribution in [1.82, 2.24) is 5.32 Å². The molecular formula is C26H39NO2. The van der Waals surface area contributed by atoms with Gasteiger partial charge in [0.25, 0.3) is 0 Å². The van der Waals surface area contributed by atoms with E-state index in [4.69, 9.17) is 9.47 Å². The lowest BCUT2D eigenvalue weighted by Crippen LogP contribution is -2.19. The molecule has 0 spiro atoms. The molecular weight excluding hydrogens is 358 g/mol. The van der Waals surface area contributed by atoms with E-state index in [1.165, 1.54) is 16.7 Å². The molecule has 0 aromatic heterocycles. The maximum Gasteiger partial charge on any atom is 0.161 e. The van der Waals surface area contributed by atoms with Crippen LogP contribution in [0, 0.1) is 11.8 Å². The number of ether oxygens (including phenoxy) is 2. The third kappa shape index (κ3) is 8.10. The maximum absolute atomic E-state index is 5.88. The van der Waals surface area contributed by atoms with Crippen LogP contribution in [0.3, 0.4) is 0 Å². The molecule has 1 atom stereocenters. The van der Waals surface area contributed by atoms with Crippen LogP contribution in [-0.4, -0.2) is 20.3 Å². The Morgan fingerprint density at radius 1 is 0.828 bits per heavy atom. The van der Waals surface area contributed by atoms with Gasteiger partial charge in [-0.1, -0.05) is 65.0 Å².